The second-order valence-corrected chi connectivity index (χ2v) is 13.7. The molecule has 3 atom stereocenters. The second-order valence-electron chi connectivity index (χ2n) is 10.6. The molecule has 10 heteroatoms. The molecule has 3 heterocycles. The molecule has 3 amide bonds. The van der Waals surface area contributed by atoms with E-state index >= 15 is 0 Å². The first kappa shape index (κ1) is 27.8. The maximum Gasteiger partial charge on any atom is 0.308 e. The number of hydrogen-bond acceptors (Lipinski definition) is 6. The van der Waals surface area contributed by atoms with E-state index in [0.717, 1.165) is 37.7 Å². The normalized spacial score (nSPS) is 19.4. The Labute approximate surface area is 263 Å². The van der Waals surface area contributed by atoms with E-state index in [1.165, 1.54) is 21.2 Å². The molecule has 7 rings (SSSR count). The van der Waals surface area contributed by atoms with Crippen LogP contribution in [0.15, 0.2) is 105 Å². The molecule has 3 unspecified atom stereocenters. The van der Waals surface area contributed by atoms with Crippen LogP contribution in [-0.4, -0.2) is 27.5 Å². The van der Waals surface area contributed by atoms with Gasteiger partial charge in [0.1, 0.15) is 11.8 Å². The van der Waals surface area contributed by atoms with Gasteiger partial charge in [-0.2, -0.15) is 0 Å². The summed E-state index contributed by atoms with van der Waals surface area (Å²) in [6, 6.07) is 28.4. The van der Waals surface area contributed by atoms with Gasteiger partial charge >= 0.3 is 4.87 Å². The molecule has 0 bridgehead atoms. The number of aryl methyl sites for hydroxylation is 1. The van der Waals surface area contributed by atoms with Crippen molar-refractivity contribution in [3.8, 4) is 0 Å². The summed E-state index contributed by atoms with van der Waals surface area (Å²) < 4.78 is 2.32. The van der Waals surface area contributed by atoms with Crippen molar-refractivity contribution < 1.29 is 14.4 Å². The van der Waals surface area contributed by atoms with E-state index in [4.69, 9.17) is 0 Å². The summed E-state index contributed by atoms with van der Waals surface area (Å²) in [6.45, 7) is 1.74. The highest BCUT2D eigenvalue weighted by molar-refractivity contribution is 9.10. The molecule has 0 spiro atoms. The summed E-state index contributed by atoms with van der Waals surface area (Å²) in [5, 5.41) is 4.68. The predicted molar refractivity (Wildman–Crippen MR) is 174 cm³/mol. The Bertz CT molecular complexity index is 1980. The fourth-order valence-electron chi connectivity index (χ4n) is 5.90. The van der Waals surface area contributed by atoms with Crippen LogP contribution in [0, 0.1) is 12.8 Å². The standard InChI is InChI=1S/C33H24BrN3O4S2/c1-18-9-15-22(16-10-18)37-30(39)27-26(20-11-13-21(34)14-12-20)29-32(42-28(27)31(37)40)36(33(41)43-29)17-25(38)35-24-8-4-6-19-5-2-3-7-23(19)24/h2-16,26-28H,17H2,1H3,(H,35,38). The van der Waals surface area contributed by atoms with Gasteiger partial charge in [0, 0.05) is 26.3 Å². The minimum Gasteiger partial charge on any atom is -0.324 e. The lowest BCUT2D eigenvalue weighted by Gasteiger charge is -2.30. The van der Waals surface area contributed by atoms with Crippen LogP contribution in [-0.2, 0) is 20.9 Å². The molecular weight excluding hydrogens is 646 g/mol. The molecule has 4 aromatic carbocycles. The average Bonchev–Trinajstić information content (AvgIpc) is 3.44. The van der Waals surface area contributed by atoms with Crippen molar-refractivity contribution in [2.24, 2.45) is 5.92 Å². The number of carbonyl (C=O) groups is 3. The van der Waals surface area contributed by atoms with Crippen molar-refractivity contribution in [2.75, 3.05) is 10.2 Å². The number of thiazole rings is 1. The number of benzene rings is 4. The largest absolute Gasteiger partial charge is 0.324 e. The number of aromatic nitrogens is 1. The molecule has 1 saturated heterocycles. The predicted octanol–water partition coefficient (Wildman–Crippen LogP) is 6.57. The van der Waals surface area contributed by atoms with Crippen LogP contribution in [0.5, 0.6) is 0 Å². The Morgan fingerprint density at radius 3 is 2.37 bits per heavy atom. The van der Waals surface area contributed by atoms with Gasteiger partial charge in [0.2, 0.25) is 17.7 Å². The molecular formula is C33H24BrN3O4S2. The molecule has 1 aromatic heterocycles. The molecule has 0 aliphatic carbocycles. The first-order valence-electron chi connectivity index (χ1n) is 13.7. The summed E-state index contributed by atoms with van der Waals surface area (Å²) in [6.07, 6.45) is 0. The zero-order chi connectivity index (χ0) is 29.8. The van der Waals surface area contributed by atoms with Crippen LogP contribution in [0.3, 0.4) is 0 Å². The summed E-state index contributed by atoms with van der Waals surface area (Å²) in [7, 11) is 0. The van der Waals surface area contributed by atoms with E-state index in [1.807, 2.05) is 85.8 Å². The summed E-state index contributed by atoms with van der Waals surface area (Å²) in [5.41, 5.74) is 3.04. The lowest BCUT2D eigenvalue weighted by molar-refractivity contribution is -0.122. The highest BCUT2D eigenvalue weighted by Gasteiger charge is 2.56. The van der Waals surface area contributed by atoms with E-state index < -0.39 is 17.1 Å². The lowest BCUT2D eigenvalue weighted by Crippen LogP contribution is -2.33. The number of hydrogen-bond donors (Lipinski definition) is 1. The monoisotopic (exact) mass is 669 g/mol. The Morgan fingerprint density at radius 2 is 1.60 bits per heavy atom. The molecule has 5 aromatic rings. The van der Waals surface area contributed by atoms with Crippen molar-refractivity contribution in [1.29, 1.82) is 0 Å². The van der Waals surface area contributed by atoms with Gasteiger partial charge in [-0.3, -0.25) is 23.7 Å². The number of nitrogens with zero attached hydrogens (tertiary/aromatic N) is 2. The smallest absolute Gasteiger partial charge is 0.308 e. The topological polar surface area (TPSA) is 88.5 Å². The molecule has 0 radical (unpaired) electrons. The minimum atomic E-state index is -0.740. The highest BCUT2D eigenvalue weighted by Crippen LogP contribution is 2.54. The molecule has 214 valence electrons. The third-order valence-corrected chi connectivity index (χ3v) is 11.1. The number of rotatable bonds is 5. The Morgan fingerprint density at radius 1 is 0.884 bits per heavy atom. The average molecular weight is 671 g/mol. The van der Waals surface area contributed by atoms with Crippen LogP contribution >= 0.6 is 39.0 Å². The molecule has 43 heavy (non-hydrogen) atoms. The zero-order valence-electron chi connectivity index (χ0n) is 22.8. The van der Waals surface area contributed by atoms with Gasteiger partial charge in [0.25, 0.3) is 0 Å². The number of nitrogens with one attached hydrogen (secondary N) is 1. The van der Waals surface area contributed by atoms with Gasteiger partial charge in [-0.05, 0) is 48.2 Å². The van der Waals surface area contributed by atoms with E-state index in [1.54, 1.807) is 12.1 Å². The quantitative estimate of drug-likeness (QED) is 0.214. The van der Waals surface area contributed by atoms with Gasteiger partial charge < -0.3 is 5.32 Å². The van der Waals surface area contributed by atoms with Crippen LogP contribution < -0.4 is 15.1 Å². The lowest BCUT2D eigenvalue weighted by atomic mass is 9.83. The van der Waals surface area contributed by atoms with Crippen LogP contribution in [0.1, 0.15) is 21.9 Å². The maximum atomic E-state index is 14.0. The highest BCUT2D eigenvalue weighted by atomic mass is 79.9. The number of thioether (sulfide) groups is 1. The Hall–Kier alpha value is -3.99. The van der Waals surface area contributed by atoms with Gasteiger partial charge in [-0.25, -0.2) is 4.90 Å². The molecule has 7 nitrogen and oxygen atoms in total. The number of imide groups is 1. The fourth-order valence-corrected chi connectivity index (χ4v) is 8.94. The van der Waals surface area contributed by atoms with Gasteiger partial charge in [-0.1, -0.05) is 105 Å². The van der Waals surface area contributed by atoms with Crippen molar-refractivity contribution >= 4 is 78.9 Å². The minimum absolute atomic E-state index is 0.213. The van der Waals surface area contributed by atoms with E-state index in [9.17, 15) is 19.2 Å². The van der Waals surface area contributed by atoms with Crippen LogP contribution in [0.2, 0.25) is 0 Å². The fraction of sp³-hybridized carbons (Fsp3) is 0.152. The van der Waals surface area contributed by atoms with Gasteiger partial charge in [0.15, 0.2) is 0 Å². The van der Waals surface area contributed by atoms with E-state index in [2.05, 4.69) is 21.2 Å². The first-order chi connectivity index (χ1) is 20.8. The van der Waals surface area contributed by atoms with Gasteiger partial charge in [0.05, 0.1) is 16.6 Å². The first-order valence-corrected chi connectivity index (χ1v) is 16.2. The third-order valence-electron chi connectivity index (χ3n) is 7.94. The van der Waals surface area contributed by atoms with E-state index in [-0.39, 0.29) is 29.1 Å². The number of amides is 3. The number of halogens is 1. The molecule has 1 N–H and O–H groups in total. The number of fused-ring (bicyclic) bond motifs is 3. The third kappa shape index (κ3) is 4.83. The van der Waals surface area contributed by atoms with E-state index in [0.29, 0.717) is 21.3 Å². The SMILES string of the molecule is Cc1ccc(N2C(=O)C3Sc4c(sc(=O)n4CC(=O)Nc4cccc5ccccc45)C(c4ccc(Br)cc4)C3C2=O)cc1. The molecule has 2 aliphatic heterocycles. The zero-order valence-corrected chi connectivity index (χ0v) is 26.0. The van der Waals surface area contributed by atoms with Crippen molar-refractivity contribution in [2.45, 2.75) is 29.7 Å². The summed E-state index contributed by atoms with van der Waals surface area (Å²) in [5.74, 6) is -2.16. The van der Waals surface area contributed by atoms with Gasteiger partial charge in [-0.15, -0.1) is 0 Å². The molecule has 0 saturated carbocycles. The van der Waals surface area contributed by atoms with Crippen molar-refractivity contribution in [1.82, 2.24) is 4.57 Å². The van der Waals surface area contributed by atoms with Crippen LogP contribution in [0.4, 0.5) is 11.4 Å². The maximum absolute atomic E-state index is 14.0. The van der Waals surface area contributed by atoms with Crippen molar-refractivity contribution in [3.05, 3.63) is 121 Å². The molecule has 2 aliphatic rings. The van der Waals surface area contributed by atoms with Crippen LogP contribution in [0.25, 0.3) is 10.8 Å². The summed E-state index contributed by atoms with van der Waals surface area (Å²) in [4.78, 5) is 56.4. The van der Waals surface area contributed by atoms with Crippen molar-refractivity contribution in [3.63, 3.8) is 0 Å². The summed E-state index contributed by atoms with van der Waals surface area (Å²) >= 11 is 5.73. The Kier molecular flexibility index (Phi) is 7.07. The Balaban J connectivity index is 1.28. The second kappa shape index (κ2) is 10.9. The number of carbonyl (C=O) groups excluding carboxylic acids is 3. The number of anilines is 2. The molecule has 1 fully saturated rings.